The van der Waals surface area contributed by atoms with Gasteiger partial charge in [0, 0.05) is 31.7 Å². The van der Waals surface area contributed by atoms with Crippen LogP contribution >= 0.6 is 0 Å². The predicted octanol–water partition coefficient (Wildman–Crippen LogP) is 2.11. The maximum Gasteiger partial charge on any atom is 0.416 e. The van der Waals surface area contributed by atoms with Crippen molar-refractivity contribution >= 4 is 6.09 Å². The van der Waals surface area contributed by atoms with Crippen molar-refractivity contribution in [2.24, 2.45) is 5.92 Å². The molecule has 1 aromatic heterocycles. The van der Waals surface area contributed by atoms with Gasteiger partial charge in [-0.2, -0.15) is 0 Å². The number of nitrogens with one attached hydrogen (secondary N) is 1. The molecule has 0 spiro atoms. The lowest BCUT2D eigenvalue weighted by atomic mass is 9.87. The van der Waals surface area contributed by atoms with Gasteiger partial charge in [-0.1, -0.05) is 0 Å². The minimum absolute atomic E-state index is 0.141. The molecule has 1 unspecified atom stereocenters. The molecule has 6 nitrogen and oxygen atoms in total. The van der Waals surface area contributed by atoms with Crippen molar-refractivity contribution < 1.29 is 13.9 Å². The molecule has 1 aromatic rings. The molecule has 0 saturated carbocycles. The van der Waals surface area contributed by atoms with E-state index in [-0.39, 0.29) is 18.0 Å². The van der Waals surface area contributed by atoms with Crippen molar-refractivity contribution in [3.05, 3.63) is 24.1 Å². The topological polar surface area (TPSA) is 57.7 Å². The molecule has 1 atom stereocenters. The van der Waals surface area contributed by atoms with Gasteiger partial charge in [-0.25, -0.2) is 14.2 Å². The summed E-state index contributed by atoms with van der Waals surface area (Å²) >= 11 is 0. The van der Waals surface area contributed by atoms with Crippen LogP contribution in [0.5, 0.6) is 5.88 Å². The highest BCUT2D eigenvalue weighted by Crippen LogP contribution is 2.26. The summed E-state index contributed by atoms with van der Waals surface area (Å²) in [6, 6.07) is 3.24. The molecule has 25 heavy (non-hydrogen) atoms. The van der Waals surface area contributed by atoms with Gasteiger partial charge in [0.1, 0.15) is 5.82 Å². The van der Waals surface area contributed by atoms with Crippen LogP contribution in [0.25, 0.3) is 0 Å². The summed E-state index contributed by atoms with van der Waals surface area (Å²) in [5, 5.41) is 3.38. The molecule has 2 fully saturated rings. The van der Waals surface area contributed by atoms with Gasteiger partial charge in [-0.15, -0.1) is 0 Å². The molecular formula is C18H27FN4O2. The van der Waals surface area contributed by atoms with Gasteiger partial charge in [0.05, 0.1) is 12.2 Å². The number of aromatic nitrogens is 1. The first-order valence-corrected chi connectivity index (χ1v) is 9.09. The number of piperidine rings is 1. The molecule has 0 aromatic carbocycles. The highest BCUT2D eigenvalue weighted by molar-refractivity contribution is 5.70. The summed E-state index contributed by atoms with van der Waals surface area (Å²) in [6.07, 6.45) is 2.81. The Bertz CT molecular complexity index is 575. The average molecular weight is 350 g/mol. The molecule has 3 rings (SSSR count). The monoisotopic (exact) mass is 350 g/mol. The predicted molar refractivity (Wildman–Crippen MR) is 93.0 cm³/mol. The second-order valence-corrected chi connectivity index (χ2v) is 7.12. The molecular weight excluding hydrogens is 323 g/mol. The van der Waals surface area contributed by atoms with Crippen molar-refractivity contribution in [3.63, 3.8) is 0 Å². The third-order valence-electron chi connectivity index (χ3n) is 5.23. The van der Waals surface area contributed by atoms with Crippen LogP contribution in [0.2, 0.25) is 0 Å². The molecule has 1 amide bonds. The van der Waals surface area contributed by atoms with Crippen molar-refractivity contribution in [2.45, 2.75) is 38.8 Å². The maximum absolute atomic E-state index is 13.0. The lowest BCUT2D eigenvalue weighted by Gasteiger charge is -2.46. The fraction of sp³-hybridized carbons (Fsp3) is 0.667. The van der Waals surface area contributed by atoms with E-state index in [9.17, 15) is 9.18 Å². The van der Waals surface area contributed by atoms with Crippen molar-refractivity contribution in [3.8, 4) is 5.88 Å². The number of halogens is 1. The van der Waals surface area contributed by atoms with Crippen molar-refractivity contribution in [2.75, 3.05) is 32.7 Å². The molecule has 138 valence electrons. The minimum Gasteiger partial charge on any atom is -0.391 e. The number of nitrogens with zero attached hydrogens (tertiary/aromatic N) is 3. The second-order valence-electron chi connectivity index (χ2n) is 7.12. The quantitative estimate of drug-likeness (QED) is 0.905. The smallest absolute Gasteiger partial charge is 0.391 e. The number of hydrogen-bond donors (Lipinski definition) is 1. The molecule has 2 saturated heterocycles. The second kappa shape index (κ2) is 8.10. The van der Waals surface area contributed by atoms with E-state index in [4.69, 9.17) is 4.74 Å². The van der Waals surface area contributed by atoms with E-state index in [0.717, 1.165) is 45.2 Å². The van der Waals surface area contributed by atoms with Crippen molar-refractivity contribution in [1.29, 1.82) is 0 Å². The average Bonchev–Trinajstić information content (AvgIpc) is 2.63. The number of carbonyl (C=O) groups is 1. The molecule has 0 bridgehead atoms. The molecule has 0 aliphatic carbocycles. The fourth-order valence-electron chi connectivity index (χ4n) is 3.73. The maximum atomic E-state index is 13.0. The van der Waals surface area contributed by atoms with Crippen LogP contribution in [0.1, 0.15) is 26.7 Å². The van der Waals surface area contributed by atoms with Crippen LogP contribution in [0.4, 0.5) is 9.18 Å². The van der Waals surface area contributed by atoms with Gasteiger partial charge in [0.25, 0.3) is 0 Å². The zero-order valence-corrected chi connectivity index (χ0v) is 14.9. The third-order valence-corrected chi connectivity index (χ3v) is 5.23. The van der Waals surface area contributed by atoms with Crippen LogP contribution in [0, 0.1) is 11.7 Å². The van der Waals surface area contributed by atoms with Gasteiger partial charge >= 0.3 is 6.09 Å². The third kappa shape index (κ3) is 4.46. The molecule has 0 radical (unpaired) electrons. The van der Waals surface area contributed by atoms with Gasteiger partial charge in [-0.3, -0.25) is 4.90 Å². The summed E-state index contributed by atoms with van der Waals surface area (Å²) in [4.78, 5) is 20.8. The minimum atomic E-state index is -0.446. The van der Waals surface area contributed by atoms with E-state index >= 15 is 0 Å². The summed E-state index contributed by atoms with van der Waals surface area (Å²) in [6.45, 7) is 8.72. The summed E-state index contributed by atoms with van der Waals surface area (Å²) in [5.41, 5.74) is 0. The van der Waals surface area contributed by atoms with E-state index in [1.54, 1.807) is 0 Å². The zero-order valence-electron chi connectivity index (χ0n) is 14.9. The summed E-state index contributed by atoms with van der Waals surface area (Å²) in [5.74, 6) is 0.163. The summed E-state index contributed by atoms with van der Waals surface area (Å²) in [7, 11) is 0. The van der Waals surface area contributed by atoms with Crippen LogP contribution in [0.3, 0.4) is 0 Å². The lowest BCUT2D eigenvalue weighted by Crippen LogP contribution is -2.60. The van der Waals surface area contributed by atoms with Gasteiger partial charge < -0.3 is 15.0 Å². The van der Waals surface area contributed by atoms with Crippen LogP contribution in [0.15, 0.2) is 18.3 Å². The highest BCUT2D eigenvalue weighted by atomic mass is 19.1. The van der Waals surface area contributed by atoms with E-state index in [1.807, 2.05) is 4.90 Å². The zero-order chi connectivity index (χ0) is 17.8. The number of amides is 1. The Hall–Kier alpha value is -1.73. The van der Waals surface area contributed by atoms with E-state index in [1.165, 1.54) is 12.1 Å². The molecule has 2 aliphatic rings. The number of carbonyl (C=O) groups excluding carboxylic acids is 1. The molecule has 2 aliphatic heterocycles. The number of pyridine rings is 1. The molecule has 3 heterocycles. The normalized spacial score (nSPS) is 23.0. The SMILES string of the molecule is CC(C)N1CCN(C(=O)Oc2ccc(F)cn2)C(C2CCNCC2)C1. The number of ether oxygens (including phenoxy) is 1. The fourth-order valence-corrected chi connectivity index (χ4v) is 3.73. The van der Waals surface area contributed by atoms with E-state index in [0.29, 0.717) is 18.5 Å². The lowest BCUT2D eigenvalue weighted by molar-refractivity contribution is 0.0268. The standard InChI is InChI=1S/C18H27FN4O2/c1-13(2)22-9-10-23(16(12-22)14-5-7-20-8-6-14)18(24)25-17-4-3-15(19)11-21-17/h3-4,11,13-14,16,20H,5-10,12H2,1-2H3. The Morgan fingerprint density at radius 2 is 2.08 bits per heavy atom. The van der Waals surface area contributed by atoms with Crippen molar-refractivity contribution in [1.82, 2.24) is 20.1 Å². The Kier molecular flexibility index (Phi) is 5.86. The Labute approximate surface area is 148 Å². The number of rotatable bonds is 3. The molecule has 1 N–H and O–H groups in total. The first-order chi connectivity index (χ1) is 12.0. The van der Waals surface area contributed by atoms with Crippen LogP contribution in [-0.2, 0) is 0 Å². The van der Waals surface area contributed by atoms with Gasteiger partial charge in [-0.05, 0) is 51.8 Å². The Morgan fingerprint density at radius 1 is 1.32 bits per heavy atom. The van der Waals surface area contributed by atoms with Gasteiger partial charge in [0.2, 0.25) is 5.88 Å². The van der Waals surface area contributed by atoms with Crippen LogP contribution in [-0.4, -0.2) is 65.7 Å². The highest BCUT2D eigenvalue weighted by Gasteiger charge is 2.37. The van der Waals surface area contributed by atoms with Crippen LogP contribution < -0.4 is 10.1 Å². The molecule has 7 heteroatoms. The largest absolute Gasteiger partial charge is 0.416 e. The summed E-state index contributed by atoms with van der Waals surface area (Å²) < 4.78 is 18.4. The Balaban J connectivity index is 1.71. The number of hydrogen-bond acceptors (Lipinski definition) is 5. The Morgan fingerprint density at radius 3 is 2.72 bits per heavy atom. The first-order valence-electron chi connectivity index (χ1n) is 9.09. The van der Waals surface area contributed by atoms with E-state index < -0.39 is 5.82 Å². The number of piperazine rings is 1. The van der Waals surface area contributed by atoms with E-state index in [2.05, 4.69) is 29.0 Å². The first kappa shape index (κ1) is 18.1. The van der Waals surface area contributed by atoms with Gasteiger partial charge in [0.15, 0.2) is 0 Å².